The van der Waals surface area contributed by atoms with Crippen LogP contribution in [-0.2, 0) is 26.2 Å². The van der Waals surface area contributed by atoms with Gasteiger partial charge in [-0.3, -0.25) is 13.9 Å². The molecule has 40 heavy (non-hydrogen) atoms. The van der Waals surface area contributed by atoms with E-state index in [-0.39, 0.29) is 23.4 Å². The molecule has 0 aromatic heterocycles. The number of benzene rings is 3. The van der Waals surface area contributed by atoms with Crippen LogP contribution in [0.3, 0.4) is 0 Å². The highest BCUT2D eigenvalue weighted by Crippen LogP contribution is 2.29. The molecule has 0 saturated carbocycles. The first-order valence-corrected chi connectivity index (χ1v) is 15.1. The molecule has 3 aromatic rings. The number of halogens is 2. The van der Waals surface area contributed by atoms with Gasteiger partial charge in [-0.15, -0.1) is 0 Å². The van der Waals surface area contributed by atoms with Crippen LogP contribution in [0.15, 0.2) is 65.6 Å². The summed E-state index contributed by atoms with van der Waals surface area (Å²) in [7, 11) is -4.15. The quantitative estimate of drug-likeness (QED) is 0.305. The number of aryl methyl sites for hydroxylation is 3. The van der Waals surface area contributed by atoms with Gasteiger partial charge in [0.05, 0.1) is 10.6 Å². The highest BCUT2D eigenvalue weighted by Gasteiger charge is 2.33. The van der Waals surface area contributed by atoms with Crippen molar-refractivity contribution >= 4 is 50.7 Å². The number of amides is 2. The van der Waals surface area contributed by atoms with Gasteiger partial charge in [0.1, 0.15) is 12.6 Å². The SMILES string of the molecule is Cc1ccc(S(=O)(=O)N(CC(=O)N(Cc2ccc(Cl)cc2Cl)[C@H](C)C(=O)NC(C)C)c2cc(C)ccc2C)cc1. The zero-order chi connectivity index (χ0) is 29.8. The monoisotopic (exact) mass is 603 g/mol. The molecule has 2 amide bonds. The molecule has 3 rings (SSSR count). The van der Waals surface area contributed by atoms with Crippen molar-refractivity contribution in [3.8, 4) is 0 Å². The number of anilines is 1. The molecule has 3 aromatic carbocycles. The van der Waals surface area contributed by atoms with Crippen LogP contribution in [0.5, 0.6) is 0 Å². The van der Waals surface area contributed by atoms with Crippen molar-refractivity contribution in [2.45, 2.75) is 65.1 Å². The Bertz CT molecular complexity index is 1490. The number of hydrogen-bond acceptors (Lipinski definition) is 4. The second-order valence-electron chi connectivity index (χ2n) is 10.2. The van der Waals surface area contributed by atoms with Crippen molar-refractivity contribution in [3.05, 3.63) is 93.0 Å². The molecule has 0 spiro atoms. The lowest BCUT2D eigenvalue weighted by molar-refractivity contribution is -0.139. The van der Waals surface area contributed by atoms with E-state index in [1.807, 2.05) is 39.8 Å². The second-order valence-corrected chi connectivity index (χ2v) is 12.9. The molecule has 0 fully saturated rings. The average molecular weight is 605 g/mol. The van der Waals surface area contributed by atoms with E-state index >= 15 is 0 Å². The van der Waals surface area contributed by atoms with Gasteiger partial charge >= 0.3 is 0 Å². The van der Waals surface area contributed by atoms with Crippen molar-refractivity contribution < 1.29 is 18.0 Å². The molecule has 7 nitrogen and oxygen atoms in total. The van der Waals surface area contributed by atoms with Crippen molar-refractivity contribution in [1.82, 2.24) is 10.2 Å². The third kappa shape index (κ3) is 7.56. The Labute approximate surface area is 247 Å². The number of carbonyl (C=O) groups excluding carboxylic acids is 2. The van der Waals surface area contributed by atoms with E-state index in [2.05, 4.69) is 5.32 Å². The number of carbonyl (C=O) groups is 2. The largest absolute Gasteiger partial charge is 0.352 e. The highest BCUT2D eigenvalue weighted by atomic mass is 35.5. The normalized spacial score (nSPS) is 12.2. The standard InChI is InChI=1S/C30H35Cl2N3O4S/c1-19(2)33-30(37)23(6)34(17-24-11-12-25(31)16-27(24)32)29(36)18-35(28-15-21(4)7-10-22(28)5)40(38,39)26-13-8-20(3)9-14-26/h7-16,19,23H,17-18H2,1-6H3,(H,33,37)/t23-/m1/s1. The first kappa shape index (κ1) is 31.5. The summed E-state index contributed by atoms with van der Waals surface area (Å²) >= 11 is 12.5. The Balaban J connectivity index is 2.10. The average Bonchev–Trinajstić information content (AvgIpc) is 2.87. The highest BCUT2D eigenvalue weighted by molar-refractivity contribution is 7.92. The van der Waals surface area contributed by atoms with Crippen LogP contribution in [0.4, 0.5) is 5.69 Å². The third-order valence-corrected chi connectivity index (χ3v) is 8.84. The molecule has 0 aliphatic rings. The van der Waals surface area contributed by atoms with Gasteiger partial charge in [-0.1, -0.05) is 59.1 Å². The van der Waals surface area contributed by atoms with E-state index < -0.39 is 28.5 Å². The number of nitrogens with one attached hydrogen (secondary N) is 1. The summed E-state index contributed by atoms with van der Waals surface area (Å²) in [6.45, 7) is 10.2. The Morgan fingerprint density at radius 3 is 2.10 bits per heavy atom. The van der Waals surface area contributed by atoms with Gasteiger partial charge in [0, 0.05) is 22.6 Å². The van der Waals surface area contributed by atoms with Gasteiger partial charge in [0.15, 0.2) is 0 Å². The van der Waals surface area contributed by atoms with Crippen molar-refractivity contribution in [2.75, 3.05) is 10.8 Å². The van der Waals surface area contributed by atoms with Gasteiger partial charge in [0.2, 0.25) is 11.8 Å². The Morgan fingerprint density at radius 1 is 0.875 bits per heavy atom. The fraction of sp³-hybridized carbons (Fsp3) is 0.333. The van der Waals surface area contributed by atoms with Crippen LogP contribution in [0.2, 0.25) is 10.0 Å². The topological polar surface area (TPSA) is 86.8 Å². The minimum Gasteiger partial charge on any atom is -0.352 e. The van der Waals surface area contributed by atoms with Crippen molar-refractivity contribution in [1.29, 1.82) is 0 Å². The maximum atomic E-state index is 14.0. The molecule has 0 bridgehead atoms. The summed E-state index contributed by atoms with van der Waals surface area (Å²) in [6, 6.07) is 15.7. The molecule has 0 aliphatic heterocycles. The third-order valence-electron chi connectivity index (χ3n) is 6.48. The lowest BCUT2D eigenvalue weighted by atomic mass is 10.1. The zero-order valence-corrected chi connectivity index (χ0v) is 25.9. The molecular weight excluding hydrogens is 569 g/mol. The van der Waals surface area contributed by atoms with Crippen LogP contribution in [-0.4, -0.2) is 43.8 Å². The van der Waals surface area contributed by atoms with Crippen LogP contribution in [0.1, 0.15) is 43.0 Å². The number of sulfonamides is 1. The summed E-state index contributed by atoms with van der Waals surface area (Å²) in [5.74, 6) is -0.929. The Morgan fingerprint density at radius 2 is 1.50 bits per heavy atom. The molecule has 1 atom stereocenters. The van der Waals surface area contributed by atoms with Gasteiger partial charge in [-0.2, -0.15) is 0 Å². The van der Waals surface area contributed by atoms with Crippen molar-refractivity contribution in [2.24, 2.45) is 0 Å². The van der Waals surface area contributed by atoms with Crippen molar-refractivity contribution in [3.63, 3.8) is 0 Å². The number of nitrogens with zero attached hydrogens (tertiary/aromatic N) is 2. The fourth-order valence-corrected chi connectivity index (χ4v) is 6.10. The van der Waals surface area contributed by atoms with E-state index in [0.29, 0.717) is 26.9 Å². The fourth-order valence-electron chi connectivity index (χ4n) is 4.16. The number of hydrogen-bond donors (Lipinski definition) is 1. The first-order valence-electron chi connectivity index (χ1n) is 12.9. The first-order chi connectivity index (χ1) is 18.7. The van der Waals surface area contributed by atoms with E-state index in [4.69, 9.17) is 23.2 Å². The lowest BCUT2D eigenvalue weighted by Gasteiger charge is -2.33. The Hall–Kier alpha value is -3.07. The van der Waals surface area contributed by atoms with E-state index in [1.54, 1.807) is 50.2 Å². The second kappa shape index (κ2) is 13.1. The lowest BCUT2D eigenvalue weighted by Crippen LogP contribution is -2.52. The van der Waals surface area contributed by atoms with Gasteiger partial charge in [-0.05, 0) is 88.6 Å². The predicted octanol–water partition coefficient (Wildman–Crippen LogP) is 6.06. The van der Waals surface area contributed by atoms with Crippen LogP contribution in [0, 0.1) is 20.8 Å². The summed E-state index contributed by atoms with van der Waals surface area (Å²) < 4.78 is 29.1. The van der Waals surface area contributed by atoms with E-state index in [1.165, 1.54) is 17.0 Å². The van der Waals surface area contributed by atoms with Gasteiger partial charge in [-0.25, -0.2) is 8.42 Å². The maximum Gasteiger partial charge on any atom is 0.264 e. The summed E-state index contributed by atoms with van der Waals surface area (Å²) in [5.41, 5.74) is 3.39. The molecule has 0 saturated heterocycles. The minimum atomic E-state index is -4.15. The maximum absolute atomic E-state index is 14.0. The summed E-state index contributed by atoms with van der Waals surface area (Å²) in [5, 5.41) is 3.60. The summed E-state index contributed by atoms with van der Waals surface area (Å²) in [6.07, 6.45) is 0. The molecule has 214 valence electrons. The Kier molecular flexibility index (Phi) is 10.3. The number of rotatable bonds is 10. The molecule has 0 aliphatic carbocycles. The molecule has 0 radical (unpaired) electrons. The van der Waals surface area contributed by atoms with Gasteiger partial charge in [0.25, 0.3) is 10.0 Å². The van der Waals surface area contributed by atoms with Crippen LogP contribution < -0.4 is 9.62 Å². The van der Waals surface area contributed by atoms with E-state index in [9.17, 15) is 18.0 Å². The van der Waals surface area contributed by atoms with Gasteiger partial charge < -0.3 is 10.2 Å². The summed E-state index contributed by atoms with van der Waals surface area (Å²) in [4.78, 5) is 28.5. The predicted molar refractivity (Wildman–Crippen MR) is 161 cm³/mol. The van der Waals surface area contributed by atoms with E-state index in [0.717, 1.165) is 15.4 Å². The zero-order valence-electron chi connectivity index (χ0n) is 23.5. The smallest absolute Gasteiger partial charge is 0.264 e. The molecule has 0 unspecified atom stereocenters. The molecule has 1 N–H and O–H groups in total. The minimum absolute atomic E-state index is 0.0211. The molecule has 0 heterocycles. The molecular formula is C30H35Cl2N3O4S. The van der Waals surface area contributed by atoms with Crippen LogP contribution >= 0.6 is 23.2 Å². The van der Waals surface area contributed by atoms with Crippen LogP contribution in [0.25, 0.3) is 0 Å². The molecule has 10 heteroatoms.